The summed E-state index contributed by atoms with van der Waals surface area (Å²) in [7, 11) is -3.15. The molecular weight excluding hydrogens is 330 g/mol. The van der Waals surface area contributed by atoms with Gasteiger partial charge in [0.15, 0.2) is 9.84 Å². The van der Waals surface area contributed by atoms with Gasteiger partial charge in [0.1, 0.15) is 12.1 Å². The third-order valence-electron chi connectivity index (χ3n) is 3.70. The predicted molar refractivity (Wildman–Crippen MR) is 93.9 cm³/mol. The molecule has 0 aliphatic carbocycles. The van der Waals surface area contributed by atoms with Crippen LogP contribution in [0.2, 0.25) is 0 Å². The third-order valence-corrected chi connectivity index (χ3v) is 5.73. The molecule has 0 amide bonds. The Bertz CT molecular complexity index is 918. The average molecular weight is 347 g/mol. The van der Waals surface area contributed by atoms with Gasteiger partial charge in [-0.3, -0.25) is 0 Å². The van der Waals surface area contributed by atoms with Crippen molar-refractivity contribution in [3.05, 3.63) is 47.6 Å². The molecule has 1 aromatic carbocycles. The molecule has 1 atom stereocenters. The Morgan fingerprint density at radius 3 is 2.61 bits per heavy atom. The summed E-state index contributed by atoms with van der Waals surface area (Å²) in [4.78, 5) is 8.87. The number of aromatic nitrogens is 2. The SMILES string of the molecule is CC(CNc1ncnc2ccsc12)c1ccc(S(C)(=O)=O)cc1. The van der Waals surface area contributed by atoms with Gasteiger partial charge in [0.05, 0.1) is 15.1 Å². The number of anilines is 1. The first-order valence-electron chi connectivity index (χ1n) is 7.17. The number of thiophene rings is 1. The zero-order chi connectivity index (χ0) is 16.4. The summed E-state index contributed by atoms with van der Waals surface area (Å²) in [6.07, 6.45) is 2.78. The van der Waals surface area contributed by atoms with Gasteiger partial charge in [0.25, 0.3) is 0 Å². The van der Waals surface area contributed by atoms with E-state index in [0.29, 0.717) is 11.4 Å². The molecule has 2 heterocycles. The zero-order valence-electron chi connectivity index (χ0n) is 12.9. The minimum atomic E-state index is -3.15. The number of sulfone groups is 1. The second kappa shape index (κ2) is 6.25. The third kappa shape index (κ3) is 3.51. The molecule has 5 nitrogen and oxygen atoms in total. The van der Waals surface area contributed by atoms with Crippen molar-refractivity contribution in [1.29, 1.82) is 0 Å². The smallest absolute Gasteiger partial charge is 0.175 e. The molecular formula is C16H17N3O2S2. The van der Waals surface area contributed by atoms with Crippen molar-refractivity contribution in [1.82, 2.24) is 9.97 Å². The van der Waals surface area contributed by atoms with Crippen LogP contribution >= 0.6 is 11.3 Å². The van der Waals surface area contributed by atoms with E-state index >= 15 is 0 Å². The number of nitrogens with zero attached hydrogens (tertiary/aromatic N) is 2. The van der Waals surface area contributed by atoms with E-state index in [-0.39, 0.29) is 5.92 Å². The lowest BCUT2D eigenvalue weighted by Gasteiger charge is -2.14. The molecule has 0 bridgehead atoms. The molecule has 0 radical (unpaired) electrons. The van der Waals surface area contributed by atoms with Crippen LogP contribution < -0.4 is 5.32 Å². The molecule has 120 valence electrons. The van der Waals surface area contributed by atoms with Gasteiger partial charge >= 0.3 is 0 Å². The highest BCUT2D eigenvalue weighted by atomic mass is 32.2. The van der Waals surface area contributed by atoms with E-state index in [0.717, 1.165) is 21.6 Å². The lowest BCUT2D eigenvalue weighted by Crippen LogP contribution is -2.11. The standard InChI is InChI=1S/C16H17N3O2S2/c1-11(12-3-5-13(6-4-12)23(2,20)21)9-17-16-15-14(7-8-22-15)18-10-19-16/h3-8,10-11H,9H2,1-2H3,(H,17,18,19). The van der Waals surface area contributed by atoms with Gasteiger partial charge in [-0.2, -0.15) is 0 Å². The van der Waals surface area contributed by atoms with Crippen molar-refractivity contribution in [2.24, 2.45) is 0 Å². The van der Waals surface area contributed by atoms with E-state index in [4.69, 9.17) is 0 Å². The predicted octanol–water partition coefficient (Wildman–Crippen LogP) is 3.31. The number of hydrogen-bond acceptors (Lipinski definition) is 6. The first kappa shape index (κ1) is 15.9. The highest BCUT2D eigenvalue weighted by Crippen LogP contribution is 2.26. The molecule has 0 saturated heterocycles. The number of nitrogens with one attached hydrogen (secondary N) is 1. The van der Waals surface area contributed by atoms with Gasteiger partial charge in [-0.15, -0.1) is 11.3 Å². The molecule has 0 fully saturated rings. The lowest BCUT2D eigenvalue weighted by molar-refractivity contribution is 0.602. The lowest BCUT2D eigenvalue weighted by atomic mass is 10.0. The van der Waals surface area contributed by atoms with Gasteiger partial charge in [-0.1, -0.05) is 19.1 Å². The van der Waals surface area contributed by atoms with Crippen LogP contribution in [0, 0.1) is 0 Å². The van der Waals surface area contributed by atoms with Crippen LogP contribution in [-0.2, 0) is 9.84 Å². The summed E-state index contributed by atoms with van der Waals surface area (Å²) in [6, 6.07) is 9.01. The molecule has 23 heavy (non-hydrogen) atoms. The number of fused-ring (bicyclic) bond motifs is 1. The molecule has 1 N–H and O–H groups in total. The second-order valence-corrected chi connectivity index (χ2v) is 8.41. The largest absolute Gasteiger partial charge is 0.368 e. The topological polar surface area (TPSA) is 72.0 Å². The number of rotatable bonds is 5. The van der Waals surface area contributed by atoms with Gasteiger partial charge < -0.3 is 5.32 Å². The van der Waals surface area contributed by atoms with Crippen molar-refractivity contribution in [2.75, 3.05) is 18.1 Å². The van der Waals surface area contributed by atoms with Crippen LogP contribution in [0.15, 0.2) is 46.9 Å². The average Bonchev–Trinajstić information content (AvgIpc) is 3.01. The Hall–Kier alpha value is -1.99. The van der Waals surface area contributed by atoms with Crippen LogP contribution in [0.25, 0.3) is 10.2 Å². The molecule has 7 heteroatoms. The van der Waals surface area contributed by atoms with E-state index in [1.54, 1.807) is 29.8 Å². The Labute approximate surface area is 139 Å². The monoisotopic (exact) mass is 347 g/mol. The Morgan fingerprint density at radius 1 is 1.17 bits per heavy atom. The first-order valence-corrected chi connectivity index (χ1v) is 9.94. The number of benzene rings is 1. The van der Waals surface area contributed by atoms with Gasteiger partial charge in [-0.25, -0.2) is 18.4 Å². The first-order chi connectivity index (χ1) is 10.9. The summed E-state index contributed by atoms with van der Waals surface area (Å²) in [5, 5.41) is 5.36. The maximum Gasteiger partial charge on any atom is 0.175 e. The zero-order valence-corrected chi connectivity index (χ0v) is 14.5. The van der Waals surface area contributed by atoms with E-state index in [2.05, 4.69) is 22.2 Å². The fourth-order valence-corrected chi connectivity index (χ4v) is 3.77. The van der Waals surface area contributed by atoms with Crippen LogP contribution in [0.4, 0.5) is 5.82 Å². The van der Waals surface area contributed by atoms with Crippen molar-refractivity contribution in [2.45, 2.75) is 17.7 Å². The van der Waals surface area contributed by atoms with Crippen molar-refractivity contribution < 1.29 is 8.42 Å². The molecule has 1 unspecified atom stereocenters. The summed E-state index contributed by atoms with van der Waals surface area (Å²) >= 11 is 1.61. The Morgan fingerprint density at radius 2 is 1.91 bits per heavy atom. The quantitative estimate of drug-likeness (QED) is 0.766. The molecule has 3 aromatic rings. The highest BCUT2D eigenvalue weighted by Gasteiger charge is 2.11. The molecule has 0 saturated carbocycles. The molecule has 0 spiro atoms. The fraction of sp³-hybridized carbons (Fsp3) is 0.250. The van der Waals surface area contributed by atoms with Crippen molar-refractivity contribution in [3.8, 4) is 0 Å². The second-order valence-electron chi connectivity index (χ2n) is 5.48. The van der Waals surface area contributed by atoms with Crippen LogP contribution in [-0.4, -0.2) is 31.2 Å². The van der Waals surface area contributed by atoms with Crippen LogP contribution in [0.1, 0.15) is 18.4 Å². The summed E-state index contributed by atoms with van der Waals surface area (Å²) in [6.45, 7) is 2.80. The summed E-state index contributed by atoms with van der Waals surface area (Å²) in [5.74, 6) is 1.07. The number of hydrogen-bond donors (Lipinski definition) is 1. The Kier molecular flexibility index (Phi) is 4.32. The van der Waals surface area contributed by atoms with Crippen LogP contribution in [0.5, 0.6) is 0 Å². The minimum Gasteiger partial charge on any atom is -0.368 e. The molecule has 3 rings (SSSR count). The Balaban J connectivity index is 1.72. The molecule has 0 aliphatic rings. The summed E-state index contributed by atoms with van der Waals surface area (Å²) in [5.41, 5.74) is 2.03. The van der Waals surface area contributed by atoms with E-state index in [9.17, 15) is 8.42 Å². The van der Waals surface area contributed by atoms with Gasteiger partial charge in [0.2, 0.25) is 0 Å². The normalized spacial score (nSPS) is 13.1. The maximum absolute atomic E-state index is 11.5. The maximum atomic E-state index is 11.5. The molecule has 2 aromatic heterocycles. The van der Waals surface area contributed by atoms with Gasteiger partial charge in [0, 0.05) is 12.8 Å². The minimum absolute atomic E-state index is 0.230. The molecule has 0 aliphatic heterocycles. The highest BCUT2D eigenvalue weighted by molar-refractivity contribution is 7.90. The van der Waals surface area contributed by atoms with Crippen molar-refractivity contribution >= 4 is 37.2 Å². The van der Waals surface area contributed by atoms with E-state index < -0.39 is 9.84 Å². The summed E-state index contributed by atoms with van der Waals surface area (Å²) < 4.78 is 24.0. The van der Waals surface area contributed by atoms with Crippen molar-refractivity contribution in [3.63, 3.8) is 0 Å². The fourth-order valence-electron chi connectivity index (χ4n) is 2.33. The van der Waals surface area contributed by atoms with E-state index in [1.165, 1.54) is 6.26 Å². The van der Waals surface area contributed by atoms with E-state index in [1.807, 2.05) is 23.6 Å². The van der Waals surface area contributed by atoms with Gasteiger partial charge in [-0.05, 0) is 35.1 Å². The van der Waals surface area contributed by atoms with Crippen LogP contribution in [0.3, 0.4) is 0 Å².